The molecule has 0 aromatic heterocycles. The minimum atomic E-state index is -1.19. The normalized spacial score (nSPS) is 12.6. The van der Waals surface area contributed by atoms with Gasteiger partial charge in [0.1, 0.15) is 18.4 Å². The van der Waals surface area contributed by atoms with E-state index in [1.165, 1.54) is 6.92 Å². The average molecular weight is 787 g/mol. The third-order valence-electron chi connectivity index (χ3n) is 8.88. The number of nitrogens with two attached hydrogens (primary N) is 2. The van der Waals surface area contributed by atoms with Crippen molar-refractivity contribution in [1.29, 1.82) is 0 Å². The molecule has 0 aliphatic rings. The summed E-state index contributed by atoms with van der Waals surface area (Å²) in [5.41, 5.74) is 11.6. The monoisotopic (exact) mass is 787 g/mol. The fourth-order valence-corrected chi connectivity index (χ4v) is 5.45. The number of carboxylic acids is 2. The number of Topliss-reactive ketones (excluding diaryl/α,β-unsaturated/α-hetero) is 1. The van der Waals surface area contributed by atoms with Crippen molar-refractivity contribution in [3.63, 3.8) is 0 Å². The molecule has 0 aromatic rings. The molecule has 4 amide bonds. The van der Waals surface area contributed by atoms with E-state index in [0.29, 0.717) is 51.6 Å². The van der Waals surface area contributed by atoms with E-state index in [2.05, 4.69) is 21.3 Å². The zero-order valence-corrected chi connectivity index (χ0v) is 33.0. The Morgan fingerprint density at radius 3 is 1.64 bits per heavy atom. The highest BCUT2D eigenvalue weighted by Crippen LogP contribution is 2.12. The minimum absolute atomic E-state index is 0.0351. The van der Waals surface area contributed by atoms with Crippen LogP contribution in [-0.2, 0) is 43.0 Å². The highest BCUT2D eigenvalue weighted by Gasteiger charge is 2.21. The number of rotatable bonds is 38. The zero-order valence-electron chi connectivity index (χ0n) is 33.0. The van der Waals surface area contributed by atoms with Crippen molar-refractivity contribution in [2.75, 3.05) is 46.1 Å². The van der Waals surface area contributed by atoms with Gasteiger partial charge in [-0.25, -0.2) is 4.79 Å². The minimum Gasteiger partial charge on any atom is -0.481 e. The molecule has 0 radical (unpaired) electrons. The molecule has 0 fully saturated rings. The maximum absolute atomic E-state index is 12.2. The Morgan fingerprint density at radius 2 is 1.05 bits per heavy atom. The predicted octanol–water partition coefficient (Wildman–Crippen LogP) is 2.07. The number of hydrogen-bond acceptors (Lipinski definition) is 11. The summed E-state index contributed by atoms with van der Waals surface area (Å²) in [7, 11) is 0. The molecule has 0 aliphatic heterocycles. The summed E-state index contributed by atoms with van der Waals surface area (Å²) in [6.45, 7) is 3.01. The molecule has 55 heavy (non-hydrogen) atoms. The van der Waals surface area contributed by atoms with Crippen LogP contribution in [0.4, 0.5) is 0 Å². The van der Waals surface area contributed by atoms with E-state index < -0.39 is 30.1 Å². The summed E-state index contributed by atoms with van der Waals surface area (Å²) >= 11 is 0. The molecule has 0 aliphatic carbocycles. The molecule has 0 aromatic carbocycles. The third kappa shape index (κ3) is 33.4. The summed E-state index contributed by atoms with van der Waals surface area (Å²) in [5, 5.41) is 28.8. The quantitative estimate of drug-likeness (QED) is 0.0417. The number of amides is 4. The van der Waals surface area contributed by atoms with Crippen LogP contribution in [0.2, 0.25) is 0 Å². The molecule has 17 heteroatoms. The molecule has 0 heterocycles. The van der Waals surface area contributed by atoms with E-state index in [0.717, 1.165) is 64.2 Å². The number of carbonyl (C=O) groups excluding carboxylic acids is 5. The fourth-order valence-electron chi connectivity index (χ4n) is 5.45. The van der Waals surface area contributed by atoms with Crippen molar-refractivity contribution in [2.24, 2.45) is 11.5 Å². The van der Waals surface area contributed by atoms with Crippen molar-refractivity contribution < 1.29 is 53.2 Å². The maximum Gasteiger partial charge on any atom is 0.326 e. The van der Waals surface area contributed by atoms with E-state index in [-0.39, 0.29) is 88.1 Å². The van der Waals surface area contributed by atoms with Crippen LogP contribution < -0.4 is 32.7 Å². The number of unbranched alkanes of at least 4 members (excludes halogenated alkanes) is 11. The standard InChI is InChI=1S/C38H70N6O11/c1-29(45)30(39)16-12-15-23-43-37(51)31(40)17-13-14-22-41-35(48)28-55-27-26-54-25-24-42-33(46)21-20-32(38(52)53)44-34(47)18-10-8-6-4-2-3-5-7-9-11-19-36(49)50/h30-32H,2-28,39-40H2,1H3,(H,41,48)(H,42,46)(H,43,51)(H,44,47)(H,49,50)(H,52,53)/t30-,31-,32-/m0/s1. The largest absolute Gasteiger partial charge is 0.481 e. The molecule has 3 atom stereocenters. The highest BCUT2D eigenvalue weighted by atomic mass is 16.5. The van der Waals surface area contributed by atoms with Crippen LogP contribution in [0.15, 0.2) is 0 Å². The second kappa shape index (κ2) is 34.8. The Bertz CT molecular complexity index is 1110. The summed E-state index contributed by atoms with van der Waals surface area (Å²) in [6, 6.07) is -2.24. The molecule has 10 N–H and O–H groups in total. The first-order valence-corrected chi connectivity index (χ1v) is 20.1. The molecule has 0 saturated carbocycles. The summed E-state index contributed by atoms with van der Waals surface area (Å²) < 4.78 is 10.7. The van der Waals surface area contributed by atoms with Crippen molar-refractivity contribution >= 4 is 41.4 Å². The van der Waals surface area contributed by atoms with Gasteiger partial charge >= 0.3 is 11.9 Å². The number of nitrogens with one attached hydrogen (secondary N) is 4. The van der Waals surface area contributed by atoms with Crippen molar-refractivity contribution in [3.8, 4) is 0 Å². The number of ketones is 1. The second-order valence-electron chi connectivity index (χ2n) is 13.9. The van der Waals surface area contributed by atoms with Crippen molar-refractivity contribution in [1.82, 2.24) is 21.3 Å². The molecular formula is C38H70N6O11. The van der Waals surface area contributed by atoms with Crippen LogP contribution in [0.1, 0.15) is 135 Å². The predicted molar refractivity (Wildman–Crippen MR) is 207 cm³/mol. The maximum atomic E-state index is 12.2. The van der Waals surface area contributed by atoms with Gasteiger partial charge in [-0.05, 0) is 64.7 Å². The number of ether oxygens (including phenoxy) is 2. The van der Waals surface area contributed by atoms with Crippen LogP contribution in [0.5, 0.6) is 0 Å². The Labute approximate surface area is 326 Å². The highest BCUT2D eigenvalue weighted by molar-refractivity contribution is 5.84. The van der Waals surface area contributed by atoms with Crippen molar-refractivity contribution in [3.05, 3.63) is 0 Å². The smallest absolute Gasteiger partial charge is 0.326 e. The molecule has 0 unspecified atom stereocenters. The van der Waals surface area contributed by atoms with Gasteiger partial charge in [0.2, 0.25) is 23.6 Å². The number of aliphatic carboxylic acids is 2. The van der Waals surface area contributed by atoms with E-state index in [4.69, 9.17) is 26.0 Å². The van der Waals surface area contributed by atoms with Gasteiger partial charge in [0, 0.05) is 38.9 Å². The lowest BCUT2D eigenvalue weighted by Gasteiger charge is -2.14. The lowest BCUT2D eigenvalue weighted by atomic mass is 10.0. The number of hydrogen-bond donors (Lipinski definition) is 8. The Hall–Kier alpha value is -3.67. The SMILES string of the molecule is CC(=O)[C@@H](N)CCCCNC(=O)[C@@H](N)CCCCNC(=O)COCCOCCNC(=O)CC[C@H](NC(=O)CCCCCCCCCCCCC(=O)O)C(=O)O. The van der Waals surface area contributed by atoms with Gasteiger partial charge in [-0.15, -0.1) is 0 Å². The fraction of sp³-hybridized carbons (Fsp3) is 0.816. The summed E-state index contributed by atoms with van der Waals surface area (Å²) in [4.78, 5) is 81.7. The van der Waals surface area contributed by atoms with Gasteiger partial charge in [0.05, 0.1) is 31.9 Å². The van der Waals surface area contributed by atoms with Gasteiger partial charge in [0.25, 0.3) is 0 Å². The van der Waals surface area contributed by atoms with Crippen molar-refractivity contribution in [2.45, 2.75) is 153 Å². The molecule has 318 valence electrons. The zero-order chi connectivity index (χ0) is 41.1. The summed E-state index contributed by atoms with van der Waals surface area (Å²) in [5.74, 6) is -3.21. The topological polar surface area (TPSA) is 279 Å². The van der Waals surface area contributed by atoms with E-state index in [1.54, 1.807) is 0 Å². The van der Waals surface area contributed by atoms with E-state index in [9.17, 15) is 38.7 Å². The van der Waals surface area contributed by atoms with Gasteiger partial charge < -0.3 is 52.4 Å². The van der Waals surface area contributed by atoms with Gasteiger partial charge in [0.15, 0.2) is 0 Å². The van der Waals surface area contributed by atoms with E-state index in [1.807, 2.05) is 0 Å². The molecule has 0 rings (SSSR count). The molecular weight excluding hydrogens is 716 g/mol. The first-order chi connectivity index (χ1) is 26.3. The molecule has 17 nitrogen and oxygen atoms in total. The van der Waals surface area contributed by atoms with E-state index >= 15 is 0 Å². The van der Waals surface area contributed by atoms with Crippen LogP contribution >= 0.6 is 0 Å². The van der Waals surface area contributed by atoms with Crippen LogP contribution in [0, 0.1) is 0 Å². The Morgan fingerprint density at radius 1 is 0.527 bits per heavy atom. The number of carboxylic acid groups (broad SMARTS) is 2. The third-order valence-corrected chi connectivity index (χ3v) is 8.88. The van der Waals surface area contributed by atoms with Gasteiger partial charge in [-0.3, -0.25) is 28.8 Å². The van der Waals surface area contributed by atoms with Crippen LogP contribution in [0.3, 0.4) is 0 Å². The molecule has 0 bridgehead atoms. The second-order valence-corrected chi connectivity index (χ2v) is 13.9. The molecule has 0 spiro atoms. The first-order valence-electron chi connectivity index (χ1n) is 20.1. The Kier molecular flexibility index (Phi) is 32.5. The van der Waals surface area contributed by atoms with Crippen LogP contribution in [0.25, 0.3) is 0 Å². The lowest BCUT2D eigenvalue weighted by Crippen LogP contribution is -2.41. The Balaban J connectivity index is 3.76. The van der Waals surface area contributed by atoms with Gasteiger partial charge in [-0.1, -0.05) is 51.4 Å². The van der Waals surface area contributed by atoms with Crippen LogP contribution in [-0.4, -0.2) is 116 Å². The first kappa shape index (κ1) is 51.3. The average Bonchev–Trinajstić information content (AvgIpc) is 3.13. The lowest BCUT2D eigenvalue weighted by molar-refractivity contribution is -0.142. The van der Waals surface area contributed by atoms with Gasteiger partial charge in [-0.2, -0.15) is 0 Å². The molecule has 0 saturated heterocycles. The summed E-state index contributed by atoms with van der Waals surface area (Å²) in [6.07, 6.45) is 13.8. The number of carbonyl (C=O) groups is 7.